The number of benzene rings is 1. The monoisotopic (exact) mass is 270 g/mol. The molecule has 4 nitrogen and oxygen atoms in total. The predicted octanol–water partition coefficient (Wildman–Crippen LogP) is 2.08. The summed E-state index contributed by atoms with van der Waals surface area (Å²) < 4.78 is 0. The van der Waals surface area contributed by atoms with Gasteiger partial charge in [-0.25, -0.2) is 0 Å². The molecule has 0 unspecified atom stereocenters. The van der Waals surface area contributed by atoms with E-state index in [-0.39, 0.29) is 0 Å². The number of rotatable bonds is 4. The first-order chi connectivity index (χ1) is 9.34. The summed E-state index contributed by atoms with van der Waals surface area (Å²) >= 11 is 5.11. The van der Waals surface area contributed by atoms with Crippen LogP contribution < -0.4 is 10.7 Å². The van der Waals surface area contributed by atoms with Crippen LogP contribution in [0.15, 0.2) is 59.8 Å². The van der Waals surface area contributed by atoms with E-state index in [9.17, 15) is 0 Å². The Labute approximate surface area is 117 Å². The number of nitrogens with one attached hydrogen (secondary N) is 2. The second-order valence-corrected chi connectivity index (χ2v) is 4.20. The Hall–Kier alpha value is -2.27. The highest BCUT2D eigenvalue weighted by Gasteiger charge is 1.94. The lowest BCUT2D eigenvalue weighted by Crippen LogP contribution is -2.31. The van der Waals surface area contributed by atoms with Gasteiger partial charge in [-0.2, -0.15) is 5.10 Å². The van der Waals surface area contributed by atoms with Gasteiger partial charge in [0.05, 0.1) is 11.9 Å². The normalized spacial score (nSPS) is 10.3. The number of pyridine rings is 1. The lowest BCUT2D eigenvalue weighted by atomic mass is 10.2. The molecule has 19 heavy (non-hydrogen) atoms. The predicted molar refractivity (Wildman–Crippen MR) is 80.8 cm³/mol. The first-order valence-electron chi connectivity index (χ1n) is 5.86. The topological polar surface area (TPSA) is 49.3 Å². The molecule has 1 heterocycles. The van der Waals surface area contributed by atoms with Crippen LogP contribution in [0.3, 0.4) is 0 Å². The molecule has 2 aromatic rings. The van der Waals surface area contributed by atoms with Gasteiger partial charge in [-0.1, -0.05) is 36.4 Å². The molecule has 0 aliphatic heterocycles. The SMILES string of the molecule is S=C(NCc1ccccc1)NN=Cc1ccccn1. The van der Waals surface area contributed by atoms with E-state index in [0.29, 0.717) is 11.7 Å². The van der Waals surface area contributed by atoms with E-state index in [2.05, 4.69) is 20.8 Å². The van der Waals surface area contributed by atoms with Crippen molar-refractivity contribution < 1.29 is 0 Å². The minimum absolute atomic E-state index is 0.482. The number of hydrogen-bond donors (Lipinski definition) is 2. The van der Waals surface area contributed by atoms with Crippen molar-refractivity contribution in [3.05, 3.63) is 66.0 Å². The fraction of sp³-hybridized carbons (Fsp3) is 0.0714. The molecule has 0 aliphatic carbocycles. The number of hydrogen-bond acceptors (Lipinski definition) is 3. The smallest absolute Gasteiger partial charge is 0.187 e. The summed E-state index contributed by atoms with van der Waals surface area (Å²) in [5.41, 5.74) is 4.70. The minimum Gasteiger partial charge on any atom is -0.357 e. The molecule has 1 aromatic carbocycles. The van der Waals surface area contributed by atoms with Crippen molar-refractivity contribution in [2.75, 3.05) is 0 Å². The molecule has 0 spiro atoms. The molecule has 0 bridgehead atoms. The second-order valence-electron chi connectivity index (χ2n) is 3.79. The molecule has 0 saturated carbocycles. The molecule has 1 aromatic heterocycles. The van der Waals surface area contributed by atoms with Crippen LogP contribution in [0.1, 0.15) is 11.3 Å². The van der Waals surface area contributed by atoms with Crippen LogP contribution in [0.2, 0.25) is 0 Å². The summed E-state index contributed by atoms with van der Waals surface area (Å²) in [6.45, 7) is 0.672. The minimum atomic E-state index is 0.482. The number of thiocarbonyl (C=S) groups is 1. The highest BCUT2D eigenvalue weighted by molar-refractivity contribution is 7.80. The molecular formula is C14H14N4S. The summed E-state index contributed by atoms with van der Waals surface area (Å²) in [5, 5.41) is 7.57. The highest BCUT2D eigenvalue weighted by Crippen LogP contribution is 1.96. The lowest BCUT2D eigenvalue weighted by molar-refractivity contribution is 0.868. The third-order valence-electron chi connectivity index (χ3n) is 2.35. The Morgan fingerprint density at radius 2 is 1.95 bits per heavy atom. The summed E-state index contributed by atoms with van der Waals surface area (Å²) in [4.78, 5) is 4.12. The Morgan fingerprint density at radius 3 is 2.68 bits per heavy atom. The molecule has 5 heteroatoms. The van der Waals surface area contributed by atoms with Crippen LogP contribution >= 0.6 is 12.2 Å². The fourth-order valence-electron chi connectivity index (χ4n) is 1.43. The zero-order chi connectivity index (χ0) is 13.3. The zero-order valence-corrected chi connectivity index (χ0v) is 11.1. The average Bonchev–Trinajstić information content (AvgIpc) is 2.47. The largest absolute Gasteiger partial charge is 0.357 e. The van der Waals surface area contributed by atoms with Crippen LogP contribution in [-0.4, -0.2) is 16.3 Å². The molecule has 0 atom stereocenters. The molecule has 96 valence electrons. The van der Waals surface area contributed by atoms with Gasteiger partial charge < -0.3 is 5.32 Å². The lowest BCUT2D eigenvalue weighted by Gasteiger charge is -2.06. The van der Waals surface area contributed by atoms with Crippen LogP contribution in [0.25, 0.3) is 0 Å². The Morgan fingerprint density at radius 1 is 1.16 bits per heavy atom. The first-order valence-corrected chi connectivity index (χ1v) is 6.27. The first kappa shape index (κ1) is 13.2. The van der Waals surface area contributed by atoms with E-state index in [1.165, 1.54) is 5.56 Å². The molecular weight excluding hydrogens is 256 g/mol. The van der Waals surface area contributed by atoms with Crippen molar-refractivity contribution in [3.8, 4) is 0 Å². The van der Waals surface area contributed by atoms with Crippen molar-refractivity contribution in [2.24, 2.45) is 5.10 Å². The molecule has 0 radical (unpaired) electrons. The standard InChI is InChI=1S/C14H14N4S/c19-14(16-10-12-6-2-1-3-7-12)18-17-11-13-8-4-5-9-15-13/h1-9,11H,10H2,(H2,16,18,19). The molecule has 0 fully saturated rings. The molecule has 2 rings (SSSR count). The highest BCUT2D eigenvalue weighted by atomic mass is 32.1. The maximum absolute atomic E-state index is 5.11. The summed E-state index contributed by atoms with van der Waals surface area (Å²) in [6, 6.07) is 15.7. The van der Waals surface area contributed by atoms with Gasteiger partial charge in [0, 0.05) is 12.7 Å². The number of nitrogens with zero attached hydrogens (tertiary/aromatic N) is 2. The average molecular weight is 270 g/mol. The van der Waals surface area contributed by atoms with Crippen molar-refractivity contribution in [1.82, 2.24) is 15.7 Å². The third-order valence-corrected chi connectivity index (χ3v) is 2.58. The fourth-order valence-corrected chi connectivity index (χ4v) is 1.55. The van der Waals surface area contributed by atoms with E-state index in [1.54, 1.807) is 12.4 Å². The van der Waals surface area contributed by atoms with Crippen molar-refractivity contribution in [3.63, 3.8) is 0 Å². The van der Waals surface area contributed by atoms with Gasteiger partial charge in [0.25, 0.3) is 0 Å². The van der Waals surface area contributed by atoms with Crippen LogP contribution in [0.4, 0.5) is 0 Å². The quantitative estimate of drug-likeness (QED) is 0.507. The van der Waals surface area contributed by atoms with E-state index in [4.69, 9.17) is 12.2 Å². The third kappa shape index (κ3) is 4.85. The zero-order valence-electron chi connectivity index (χ0n) is 10.3. The second kappa shape index (κ2) is 7.23. The molecule has 0 amide bonds. The van der Waals surface area contributed by atoms with Crippen molar-refractivity contribution >= 4 is 23.5 Å². The van der Waals surface area contributed by atoms with E-state index < -0.39 is 0 Å². The van der Waals surface area contributed by atoms with Gasteiger partial charge in [0.15, 0.2) is 5.11 Å². The Bertz CT molecular complexity index is 540. The Balaban J connectivity index is 1.75. The summed E-state index contributed by atoms with van der Waals surface area (Å²) in [5.74, 6) is 0. The van der Waals surface area contributed by atoms with Crippen LogP contribution in [0, 0.1) is 0 Å². The van der Waals surface area contributed by atoms with Crippen molar-refractivity contribution in [1.29, 1.82) is 0 Å². The molecule has 2 N–H and O–H groups in total. The van der Waals surface area contributed by atoms with Crippen LogP contribution in [0.5, 0.6) is 0 Å². The van der Waals surface area contributed by atoms with Gasteiger partial charge in [0.1, 0.15) is 0 Å². The van der Waals surface area contributed by atoms with E-state index >= 15 is 0 Å². The Kier molecular flexibility index (Phi) is 5.01. The van der Waals surface area contributed by atoms with Gasteiger partial charge in [-0.15, -0.1) is 0 Å². The van der Waals surface area contributed by atoms with Gasteiger partial charge >= 0.3 is 0 Å². The van der Waals surface area contributed by atoms with Gasteiger partial charge in [-0.3, -0.25) is 10.4 Å². The maximum atomic E-state index is 5.11. The van der Waals surface area contributed by atoms with Gasteiger partial charge in [-0.05, 0) is 29.9 Å². The molecule has 0 saturated heterocycles. The van der Waals surface area contributed by atoms with Gasteiger partial charge in [0.2, 0.25) is 0 Å². The number of aromatic nitrogens is 1. The van der Waals surface area contributed by atoms with E-state index in [0.717, 1.165) is 5.69 Å². The van der Waals surface area contributed by atoms with Crippen molar-refractivity contribution in [2.45, 2.75) is 6.54 Å². The maximum Gasteiger partial charge on any atom is 0.187 e. The molecule has 0 aliphatic rings. The van der Waals surface area contributed by atoms with E-state index in [1.807, 2.05) is 48.5 Å². The summed E-state index contributed by atoms with van der Waals surface area (Å²) in [7, 11) is 0. The number of hydrazone groups is 1. The van der Waals surface area contributed by atoms with Crippen LogP contribution in [-0.2, 0) is 6.54 Å². The summed E-state index contributed by atoms with van der Waals surface area (Å²) in [6.07, 6.45) is 3.34.